The van der Waals surface area contributed by atoms with Gasteiger partial charge in [-0.3, -0.25) is 0 Å². The number of hydrogen-bond donors (Lipinski definition) is 1. The highest BCUT2D eigenvalue weighted by Gasteiger charge is 2.13. The van der Waals surface area contributed by atoms with Gasteiger partial charge >= 0.3 is 0 Å². The molecular formula is C17H17NO2. The Hall–Kier alpha value is -2.26. The molecule has 20 heavy (non-hydrogen) atoms. The van der Waals surface area contributed by atoms with Crippen LogP contribution in [-0.2, 0) is 13.2 Å². The topological polar surface area (TPSA) is 48.4 Å². The van der Waals surface area contributed by atoms with E-state index in [0.717, 1.165) is 33.6 Å². The third-order valence-corrected chi connectivity index (χ3v) is 3.43. The highest BCUT2D eigenvalue weighted by molar-refractivity contribution is 5.82. The van der Waals surface area contributed by atoms with Gasteiger partial charge in [-0.25, -0.2) is 0 Å². The van der Waals surface area contributed by atoms with E-state index < -0.39 is 0 Å². The second kappa shape index (κ2) is 5.39. The van der Waals surface area contributed by atoms with Crippen LogP contribution >= 0.6 is 0 Å². The van der Waals surface area contributed by atoms with Crippen molar-refractivity contribution in [2.24, 2.45) is 5.73 Å². The van der Waals surface area contributed by atoms with Crippen LogP contribution in [0.4, 0.5) is 0 Å². The Bertz CT molecular complexity index is 731. The van der Waals surface area contributed by atoms with Crippen LogP contribution in [-0.4, -0.2) is 0 Å². The van der Waals surface area contributed by atoms with Crippen molar-refractivity contribution >= 4 is 11.0 Å². The van der Waals surface area contributed by atoms with Gasteiger partial charge in [0, 0.05) is 10.9 Å². The van der Waals surface area contributed by atoms with Crippen LogP contribution in [0.3, 0.4) is 0 Å². The molecule has 0 amide bonds. The molecule has 2 aromatic carbocycles. The van der Waals surface area contributed by atoms with Crippen LogP contribution < -0.4 is 10.5 Å². The van der Waals surface area contributed by atoms with Gasteiger partial charge in [-0.1, -0.05) is 36.4 Å². The van der Waals surface area contributed by atoms with Crippen molar-refractivity contribution in [2.45, 2.75) is 20.1 Å². The van der Waals surface area contributed by atoms with Crippen molar-refractivity contribution in [3.63, 3.8) is 0 Å². The van der Waals surface area contributed by atoms with E-state index in [4.69, 9.17) is 14.9 Å². The molecule has 0 aliphatic carbocycles. The van der Waals surface area contributed by atoms with Gasteiger partial charge in [0.05, 0.1) is 6.54 Å². The van der Waals surface area contributed by atoms with Crippen molar-refractivity contribution in [1.82, 2.24) is 0 Å². The number of benzene rings is 2. The van der Waals surface area contributed by atoms with Gasteiger partial charge in [0.1, 0.15) is 23.7 Å². The SMILES string of the molecule is Cc1ccccc1OCc1c(CN)oc2ccccc12. The van der Waals surface area contributed by atoms with E-state index in [-0.39, 0.29) is 0 Å². The molecule has 0 aliphatic heterocycles. The molecule has 2 N–H and O–H groups in total. The number of nitrogens with two attached hydrogens (primary N) is 1. The minimum Gasteiger partial charge on any atom is -0.488 e. The molecule has 0 aliphatic rings. The first-order chi connectivity index (χ1) is 9.79. The fraction of sp³-hybridized carbons (Fsp3) is 0.176. The van der Waals surface area contributed by atoms with Gasteiger partial charge in [0.2, 0.25) is 0 Å². The highest BCUT2D eigenvalue weighted by Crippen LogP contribution is 2.27. The van der Waals surface area contributed by atoms with Crippen molar-refractivity contribution in [2.75, 3.05) is 0 Å². The van der Waals surface area contributed by atoms with Crippen LogP contribution in [0.25, 0.3) is 11.0 Å². The molecule has 0 unspecified atom stereocenters. The predicted molar refractivity (Wildman–Crippen MR) is 79.6 cm³/mol. The predicted octanol–water partition coefficient (Wildman–Crippen LogP) is 3.78. The molecule has 0 fully saturated rings. The largest absolute Gasteiger partial charge is 0.488 e. The Balaban J connectivity index is 1.92. The Morgan fingerprint density at radius 3 is 2.60 bits per heavy atom. The zero-order valence-corrected chi connectivity index (χ0v) is 11.4. The summed E-state index contributed by atoms with van der Waals surface area (Å²) in [6, 6.07) is 15.9. The smallest absolute Gasteiger partial charge is 0.134 e. The molecule has 3 rings (SSSR count). The number of aryl methyl sites for hydroxylation is 1. The Morgan fingerprint density at radius 2 is 1.80 bits per heavy atom. The normalized spacial score (nSPS) is 10.9. The summed E-state index contributed by atoms with van der Waals surface area (Å²) in [4.78, 5) is 0. The first-order valence-corrected chi connectivity index (χ1v) is 6.67. The third kappa shape index (κ3) is 2.28. The molecule has 0 spiro atoms. The Labute approximate surface area is 118 Å². The van der Waals surface area contributed by atoms with Gasteiger partial charge in [0.15, 0.2) is 0 Å². The van der Waals surface area contributed by atoms with Crippen LogP contribution in [0.15, 0.2) is 52.9 Å². The molecular weight excluding hydrogens is 250 g/mol. The van der Waals surface area contributed by atoms with Gasteiger partial charge < -0.3 is 14.9 Å². The zero-order valence-electron chi connectivity index (χ0n) is 11.4. The number of furan rings is 1. The van der Waals surface area contributed by atoms with Crippen molar-refractivity contribution in [3.8, 4) is 5.75 Å². The maximum atomic E-state index is 5.92. The molecule has 3 nitrogen and oxygen atoms in total. The fourth-order valence-electron chi connectivity index (χ4n) is 2.34. The lowest BCUT2D eigenvalue weighted by Crippen LogP contribution is -2.02. The average molecular weight is 267 g/mol. The number of ether oxygens (including phenoxy) is 1. The van der Waals surface area contributed by atoms with E-state index in [2.05, 4.69) is 0 Å². The van der Waals surface area contributed by atoms with E-state index >= 15 is 0 Å². The van der Waals surface area contributed by atoms with E-state index in [0.29, 0.717) is 13.2 Å². The summed E-state index contributed by atoms with van der Waals surface area (Å²) in [6.07, 6.45) is 0. The molecule has 0 saturated carbocycles. The molecule has 0 radical (unpaired) electrons. The monoisotopic (exact) mass is 267 g/mol. The lowest BCUT2D eigenvalue weighted by molar-refractivity contribution is 0.301. The Kier molecular flexibility index (Phi) is 3.44. The molecule has 3 aromatic rings. The van der Waals surface area contributed by atoms with E-state index in [1.54, 1.807) is 0 Å². The van der Waals surface area contributed by atoms with Crippen LogP contribution in [0, 0.1) is 6.92 Å². The summed E-state index contributed by atoms with van der Waals surface area (Å²) in [5.74, 6) is 1.68. The van der Waals surface area contributed by atoms with Crippen LogP contribution in [0.5, 0.6) is 5.75 Å². The average Bonchev–Trinajstić information content (AvgIpc) is 2.84. The second-order valence-electron chi connectivity index (χ2n) is 4.76. The van der Waals surface area contributed by atoms with Gasteiger partial charge in [-0.15, -0.1) is 0 Å². The van der Waals surface area contributed by atoms with E-state index in [9.17, 15) is 0 Å². The van der Waals surface area contributed by atoms with Gasteiger partial charge in [-0.05, 0) is 24.6 Å². The van der Waals surface area contributed by atoms with Crippen molar-refractivity contribution in [3.05, 3.63) is 65.4 Å². The molecule has 1 heterocycles. The van der Waals surface area contributed by atoms with Crippen LogP contribution in [0.2, 0.25) is 0 Å². The highest BCUT2D eigenvalue weighted by atomic mass is 16.5. The summed E-state index contributed by atoms with van der Waals surface area (Å²) in [5.41, 5.74) is 8.78. The molecule has 102 valence electrons. The standard InChI is InChI=1S/C17H17NO2/c1-12-6-2-4-8-15(12)19-11-14-13-7-3-5-9-16(13)20-17(14)10-18/h2-9H,10-11,18H2,1H3. The molecule has 1 aromatic heterocycles. The summed E-state index contributed by atoms with van der Waals surface area (Å²) in [7, 11) is 0. The quantitative estimate of drug-likeness (QED) is 0.782. The molecule has 0 atom stereocenters. The summed E-state index contributed by atoms with van der Waals surface area (Å²) >= 11 is 0. The Morgan fingerprint density at radius 1 is 1.05 bits per heavy atom. The molecule has 3 heteroatoms. The van der Waals surface area contributed by atoms with Crippen molar-refractivity contribution < 1.29 is 9.15 Å². The summed E-state index contributed by atoms with van der Waals surface area (Å²) < 4.78 is 11.7. The van der Waals surface area contributed by atoms with Crippen molar-refractivity contribution in [1.29, 1.82) is 0 Å². The number of rotatable bonds is 4. The lowest BCUT2D eigenvalue weighted by Gasteiger charge is -2.08. The maximum absolute atomic E-state index is 5.92. The van der Waals surface area contributed by atoms with Crippen LogP contribution in [0.1, 0.15) is 16.9 Å². The minimum absolute atomic E-state index is 0.376. The second-order valence-corrected chi connectivity index (χ2v) is 4.76. The molecule has 0 saturated heterocycles. The van der Waals surface area contributed by atoms with E-state index in [1.807, 2.05) is 55.5 Å². The van der Waals surface area contributed by atoms with Gasteiger partial charge in [0.25, 0.3) is 0 Å². The number of para-hydroxylation sites is 2. The minimum atomic E-state index is 0.376. The van der Waals surface area contributed by atoms with E-state index in [1.165, 1.54) is 0 Å². The molecule has 0 bridgehead atoms. The summed E-state index contributed by atoms with van der Waals surface area (Å²) in [5, 5.41) is 1.07. The number of hydrogen-bond acceptors (Lipinski definition) is 3. The zero-order chi connectivity index (χ0) is 13.9. The van der Waals surface area contributed by atoms with Gasteiger partial charge in [-0.2, -0.15) is 0 Å². The third-order valence-electron chi connectivity index (χ3n) is 3.43. The lowest BCUT2D eigenvalue weighted by atomic mass is 10.1. The maximum Gasteiger partial charge on any atom is 0.134 e. The number of fused-ring (bicyclic) bond motifs is 1. The summed E-state index contributed by atoms with van der Waals surface area (Å²) in [6.45, 7) is 2.88. The fourth-order valence-corrected chi connectivity index (χ4v) is 2.34. The first kappa shape index (κ1) is 12.8. The first-order valence-electron chi connectivity index (χ1n) is 6.67.